The van der Waals surface area contributed by atoms with Crippen molar-refractivity contribution >= 4 is 17.3 Å². The summed E-state index contributed by atoms with van der Waals surface area (Å²) in [6.07, 6.45) is 6.66. The van der Waals surface area contributed by atoms with Crippen LogP contribution in [0.25, 0.3) is 0 Å². The summed E-state index contributed by atoms with van der Waals surface area (Å²) in [5.74, 6) is 0.160. The van der Waals surface area contributed by atoms with Gasteiger partial charge in [0.2, 0.25) is 0 Å². The predicted molar refractivity (Wildman–Crippen MR) is 132 cm³/mol. The molecule has 5 nitrogen and oxygen atoms in total. The molecule has 0 bridgehead atoms. The topological polar surface area (TPSA) is 30.0 Å². The van der Waals surface area contributed by atoms with E-state index in [1.54, 1.807) is 0 Å². The van der Waals surface area contributed by atoms with E-state index >= 15 is 0 Å². The Hall–Kier alpha value is -2.53. The van der Waals surface area contributed by atoms with Crippen LogP contribution in [-0.4, -0.2) is 74.1 Å². The summed E-state index contributed by atoms with van der Waals surface area (Å²) in [5, 5.41) is 0. The van der Waals surface area contributed by atoms with Crippen LogP contribution in [0.15, 0.2) is 54.6 Å². The third-order valence-electron chi connectivity index (χ3n) is 7.54. The van der Waals surface area contributed by atoms with Gasteiger partial charge in [0.05, 0.1) is 0 Å². The third kappa shape index (κ3) is 4.78. The highest BCUT2D eigenvalue weighted by molar-refractivity contribution is 5.94. The van der Waals surface area contributed by atoms with Crippen molar-refractivity contribution in [3.05, 3.63) is 60.2 Å². The highest BCUT2D eigenvalue weighted by Crippen LogP contribution is 2.25. The number of piperazine rings is 1. The van der Waals surface area contributed by atoms with Gasteiger partial charge < -0.3 is 19.6 Å². The van der Waals surface area contributed by atoms with E-state index in [9.17, 15) is 4.79 Å². The lowest BCUT2D eigenvalue weighted by atomic mass is 9.99. The van der Waals surface area contributed by atoms with E-state index in [-0.39, 0.29) is 5.91 Å². The summed E-state index contributed by atoms with van der Waals surface area (Å²) in [4.78, 5) is 22.6. The van der Waals surface area contributed by atoms with Gasteiger partial charge >= 0.3 is 0 Å². The van der Waals surface area contributed by atoms with Crippen molar-refractivity contribution in [2.75, 3.05) is 62.2 Å². The fourth-order valence-corrected chi connectivity index (χ4v) is 5.58. The first-order valence-electron chi connectivity index (χ1n) is 12.5. The van der Waals surface area contributed by atoms with E-state index in [4.69, 9.17) is 0 Å². The second-order valence-electron chi connectivity index (χ2n) is 9.48. The van der Waals surface area contributed by atoms with Gasteiger partial charge in [-0.1, -0.05) is 24.6 Å². The Morgan fingerprint density at radius 1 is 0.625 bits per heavy atom. The largest absolute Gasteiger partial charge is 0.371 e. The number of nitrogens with zero attached hydrogens (tertiary/aromatic N) is 4. The molecule has 0 aliphatic carbocycles. The summed E-state index contributed by atoms with van der Waals surface area (Å²) in [7, 11) is 0. The van der Waals surface area contributed by atoms with Crippen molar-refractivity contribution < 1.29 is 4.79 Å². The van der Waals surface area contributed by atoms with Crippen LogP contribution < -0.4 is 9.80 Å². The summed E-state index contributed by atoms with van der Waals surface area (Å²) >= 11 is 0. The van der Waals surface area contributed by atoms with Crippen molar-refractivity contribution in [2.45, 2.75) is 38.1 Å². The van der Waals surface area contributed by atoms with Gasteiger partial charge in [0.15, 0.2) is 0 Å². The first kappa shape index (κ1) is 21.3. The zero-order valence-electron chi connectivity index (χ0n) is 19.2. The number of amides is 1. The van der Waals surface area contributed by atoms with Crippen LogP contribution >= 0.6 is 0 Å². The second kappa shape index (κ2) is 9.95. The van der Waals surface area contributed by atoms with E-state index in [2.05, 4.69) is 51.1 Å². The number of likely N-dealkylation sites (tertiary alicyclic amines) is 1. The van der Waals surface area contributed by atoms with Crippen molar-refractivity contribution in [1.29, 1.82) is 0 Å². The summed E-state index contributed by atoms with van der Waals surface area (Å²) in [5.41, 5.74) is 3.31. The molecule has 0 spiro atoms. The second-order valence-corrected chi connectivity index (χ2v) is 9.48. The molecule has 5 rings (SSSR count). The minimum absolute atomic E-state index is 0.160. The molecule has 170 valence electrons. The summed E-state index contributed by atoms with van der Waals surface area (Å²) < 4.78 is 0. The van der Waals surface area contributed by atoms with Gasteiger partial charge in [-0.15, -0.1) is 0 Å². The number of hydrogen-bond acceptors (Lipinski definition) is 4. The SMILES string of the molecule is O=C(c1ccc(N2CCC(N3CCCCC3)CC2)cc1)N1CCN(c2ccccc2)CC1. The van der Waals surface area contributed by atoms with E-state index in [0.29, 0.717) is 0 Å². The number of hydrogen-bond donors (Lipinski definition) is 0. The smallest absolute Gasteiger partial charge is 0.253 e. The molecular weight excluding hydrogens is 396 g/mol. The molecule has 3 aliphatic heterocycles. The minimum Gasteiger partial charge on any atom is -0.371 e. The van der Waals surface area contributed by atoms with Crippen molar-refractivity contribution in [3.63, 3.8) is 0 Å². The molecule has 3 fully saturated rings. The standard InChI is InChI=1S/C27H36N4O/c32-27(31-21-19-30(20-22-31)24-7-3-1-4-8-24)23-9-11-25(12-10-23)29-17-13-26(14-18-29)28-15-5-2-6-16-28/h1,3-4,7-12,26H,2,5-6,13-22H2. The summed E-state index contributed by atoms with van der Waals surface area (Å²) in [6, 6.07) is 19.6. The van der Waals surface area contributed by atoms with Crippen LogP contribution in [0, 0.1) is 0 Å². The quantitative estimate of drug-likeness (QED) is 0.728. The average Bonchev–Trinajstić information content (AvgIpc) is 2.90. The Kier molecular flexibility index (Phi) is 6.63. The lowest BCUT2D eigenvalue weighted by Crippen LogP contribution is -2.48. The Labute approximate surface area is 192 Å². The maximum atomic E-state index is 13.0. The predicted octanol–water partition coefficient (Wildman–Crippen LogP) is 4.10. The molecule has 1 amide bonds. The van der Waals surface area contributed by atoms with E-state index < -0.39 is 0 Å². The molecule has 0 aromatic heterocycles. The van der Waals surface area contributed by atoms with E-state index in [1.165, 1.54) is 56.6 Å². The molecule has 5 heteroatoms. The number of carbonyl (C=O) groups excluding carboxylic acids is 1. The van der Waals surface area contributed by atoms with Crippen LogP contribution in [0.3, 0.4) is 0 Å². The van der Waals surface area contributed by atoms with Crippen LogP contribution in [0.2, 0.25) is 0 Å². The Balaban J connectivity index is 1.13. The molecule has 3 saturated heterocycles. The number of piperidine rings is 2. The first-order chi connectivity index (χ1) is 15.8. The maximum absolute atomic E-state index is 13.0. The molecule has 2 aromatic rings. The normalized spacial score (nSPS) is 21.1. The Morgan fingerprint density at radius 3 is 1.88 bits per heavy atom. The van der Waals surface area contributed by atoms with Crippen LogP contribution in [-0.2, 0) is 0 Å². The molecule has 0 unspecified atom stereocenters. The van der Waals surface area contributed by atoms with Crippen molar-refractivity contribution in [3.8, 4) is 0 Å². The van der Waals surface area contributed by atoms with Gasteiger partial charge in [0.25, 0.3) is 5.91 Å². The van der Waals surface area contributed by atoms with Gasteiger partial charge in [-0.25, -0.2) is 0 Å². The van der Waals surface area contributed by atoms with Crippen LogP contribution in [0.4, 0.5) is 11.4 Å². The van der Waals surface area contributed by atoms with Crippen molar-refractivity contribution in [2.24, 2.45) is 0 Å². The molecule has 3 aliphatic rings. The zero-order chi connectivity index (χ0) is 21.8. The highest BCUT2D eigenvalue weighted by Gasteiger charge is 2.26. The third-order valence-corrected chi connectivity index (χ3v) is 7.54. The molecule has 3 heterocycles. The first-order valence-corrected chi connectivity index (χ1v) is 12.5. The van der Waals surface area contributed by atoms with Crippen LogP contribution in [0.1, 0.15) is 42.5 Å². The number of para-hydroxylation sites is 1. The molecule has 0 N–H and O–H groups in total. The van der Waals surface area contributed by atoms with Crippen molar-refractivity contribution in [1.82, 2.24) is 9.80 Å². The van der Waals surface area contributed by atoms with Gasteiger partial charge in [-0.2, -0.15) is 0 Å². The molecule has 0 radical (unpaired) electrons. The lowest BCUT2D eigenvalue weighted by Gasteiger charge is -2.41. The van der Waals surface area contributed by atoms with Gasteiger partial charge in [0, 0.05) is 62.2 Å². The van der Waals surface area contributed by atoms with E-state index in [0.717, 1.165) is 50.9 Å². The fourth-order valence-electron chi connectivity index (χ4n) is 5.58. The van der Waals surface area contributed by atoms with Crippen LogP contribution in [0.5, 0.6) is 0 Å². The maximum Gasteiger partial charge on any atom is 0.253 e. The number of benzene rings is 2. The van der Waals surface area contributed by atoms with Gasteiger partial charge in [0.1, 0.15) is 0 Å². The van der Waals surface area contributed by atoms with Gasteiger partial charge in [-0.3, -0.25) is 4.79 Å². The molecular formula is C27H36N4O. The molecule has 0 atom stereocenters. The molecule has 0 saturated carbocycles. The summed E-state index contributed by atoms with van der Waals surface area (Å²) in [6.45, 7) is 8.16. The number of rotatable bonds is 4. The number of carbonyl (C=O) groups is 1. The molecule has 32 heavy (non-hydrogen) atoms. The highest BCUT2D eigenvalue weighted by atomic mass is 16.2. The molecule has 2 aromatic carbocycles. The lowest BCUT2D eigenvalue weighted by molar-refractivity contribution is 0.0747. The Morgan fingerprint density at radius 2 is 1.22 bits per heavy atom. The fraction of sp³-hybridized carbons (Fsp3) is 0.519. The zero-order valence-corrected chi connectivity index (χ0v) is 19.2. The average molecular weight is 433 g/mol. The van der Waals surface area contributed by atoms with Gasteiger partial charge in [-0.05, 0) is 75.2 Å². The monoisotopic (exact) mass is 432 g/mol. The number of anilines is 2. The minimum atomic E-state index is 0.160. The van der Waals surface area contributed by atoms with E-state index in [1.807, 2.05) is 23.1 Å². The Bertz CT molecular complexity index is 862.